The number of amides is 1. The molecule has 1 aliphatic carbocycles. The van der Waals surface area contributed by atoms with Gasteiger partial charge in [-0.3, -0.25) is 14.5 Å². The molecule has 0 atom stereocenters. The van der Waals surface area contributed by atoms with Crippen molar-refractivity contribution in [3.8, 4) is 11.5 Å². The molecular formula is C20H17F3N4O2S. The van der Waals surface area contributed by atoms with Crippen molar-refractivity contribution in [2.75, 3.05) is 0 Å². The van der Waals surface area contributed by atoms with E-state index < -0.39 is 11.7 Å². The van der Waals surface area contributed by atoms with Gasteiger partial charge in [0.25, 0.3) is 5.91 Å². The van der Waals surface area contributed by atoms with Gasteiger partial charge >= 0.3 is 6.18 Å². The van der Waals surface area contributed by atoms with Gasteiger partial charge in [0.2, 0.25) is 0 Å². The van der Waals surface area contributed by atoms with Crippen molar-refractivity contribution in [1.29, 1.82) is 0 Å². The van der Waals surface area contributed by atoms with Crippen LogP contribution >= 0.6 is 12.2 Å². The third-order valence-electron chi connectivity index (χ3n) is 4.59. The van der Waals surface area contributed by atoms with Gasteiger partial charge in [0.1, 0.15) is 11.5 Å². The number of H-pyrrole nitrogens is 1. The molecule has 2 N–H and O–H groups in total. The molecule has 0 unspecified atom stereocenters. The fourth-order valence-electron chi connectivity index (χ4n) is 3.01. The summed E-state index contributed by atoms with van der Waals surface area (Å²) in [5.74, 6) is 0.568. The zero-order valence-corrected chi connectivity index (χ0v) is 16.4. The Hall–Kier alpha value is -3.14. The Bertz CT molecular complexity index is 1140. The van der Waals surface area contributed by atoms with Crippen LogP contribution in [0.1, 0.15) is 40.6 Å². The molecule has 2 aromatic carbocycles. The van der Waals surface area contributed by atoms with Gasteiger partial charge in [0.05, 0.1) is 12.1 Å². The number of nitrogens with one attached hydrogen (secondary N) is 2. The molecular weight excluding hydrogens is 417 g/mol. The lowest BCUT2D eigenvalue weighted by atomic mass is 10.2. The molecule has 1 aliphatic rings. The predicted octanol–water partition coefficient (Wildman–Crippen LogP) is 5.02. The van der Waals surface area contributed by atoms with Crippen LogP contribution in [0.25, 0.3) is 0 Å². The average molecular weight is 434 g/mol. The van der Waals surface area contributed by atoms with Crippen LogP contribution in [0.3, 0.4) is 0 Å². The number of ether oxygens (including phenoxy) is 1. The first-order valence-electron chi connectivity index (χ1n) is 9.20. The van der Waals surface area contributed by atoms with Crippen molar-refractivity contribution in [3.63, 3.8) is 0 Å². The van der Waals surface area contributed by atoms with Crippen molar-refractivity contribution in [2.45, 2.75) is 31.6 Å². The van der Waals surface area contributed by atoms with E-state index >= 15 is 0 Å². The van der Waals surface area contributed by atoms with Gasteiger partial charge < -0.3 is 10.1 Å². The first-order valence-corrected chi connectivity index (χ1v) is 9.61. The van der Waals surface area contributed by atoms with Gasteiger partial charge in [-0.1, -0.05) is 12.1 Å². The molecule has 10 heteroatoms. The van der Waals surface area contributed by atoms with Crippen molar-refractivity contribution in [3.05, 3.63) is 70.3 Å². The second kappa shape index (κ2) is 7.94. The van der Waals surface area contributed by atoms with Gasteiger partial charge in [0.15, 0.2) is 10.6 Å². The summed E-state index contributed by atoms with van der Waals surface area (Å²) in [6, 6.07) is 11.1. The molecule has 4 rings (SSSR count). The van der Waals surface area contributed by atoms with Crippen LogP contribution < -0.4 is 10.1 Å². The molecule has 1 heterocycles. The van der Waals surface area contributed by atoms with E-state index in [0.717, 1.165) is 25.0 Å². The number of hydrogen-bond acceptors (Lipinski definition) is 4. The first kappa shape index (κ1) is 20.1. The average Bonchev–Trinajstić information content (AvgIpc) is 3.48. The molecule has 156 valence electrons. The molecule has 1 aromatic heterocycles. The summed E-state index contributed by atoms with van der Waals surface area (Å²) in [4.78, 5) is 12.5. The van der Waals surface area contributed by atoms with E-state index in [-0.39, 0.29) is 24.0 Å². The summed E-state index contributed by atoms with van der Waals surface area (Å²) in [6.07, 6.45) is -2.40. The van der Waals surface area contributed by atoms with Crippen LogP contribution in [-0.4, -0.2) is 20.7 Å². The Morgan fingerprint density at radius 2 is 1.90 bits per heavy atom. The minimum absolute atomic E-state index is 0.0300. The number of hydrogen-bond donors (Lipinski definition) is 2. The topological polar surface area (TPSA) is 71.9 Å². The maximum Gasteiger partial charge on any atom is 0.416 e. The standard InChI is InChI=1S/C20H17F3N4O2S/c21-20(22,23)13-4-2-6-16(10-13)29-15-5-1-3-12(9-15)18(28)24-11-17-25-26-19(30)27(17)14-7-8-14/h1-6,9-10,14H,7-8,11H2,(H,24,28)(H,26,30). The van der Waals surface area contributed by atoms with E-state index in [1.165, 1.54) is 18.2 Å². The normalized spacial score (nSPS) is 13.8. The first-order chi connectivity index (χ1) is 14.3. The number of alkyl halides is 3. The summed E-state index contributed by atoms with van der Waals surface area (Å²) in [5.41, 5.74) is -0.496. The zero-order chi connectivity index (χ0) is 21.3. The summed E-state index contributed by atoms with van der Waals surface area (Å²) in [6.45, 7) is 0.196. The minimum atomic E-state index is -4.46. The van der Waals surface area contributed by atoms with E-state index in [1.54, 1.807) is 18.2 Å². The number of carbonyl (C=O) groups excluding carboxylic acids is 1. The number of aromatic nitrogens is 3. The largest absolute Gasteiger partial charge is 0.457 e. The van der Waals surface area contributed by atoms with Gasteiger partial charge in [-0.05, 0) is 61.5 Å². The second-order valence-corrected chi connectivity index (χ2v) is 7.27. The van der Waals surface area contributed by atoms with Crippen molar-refractivity contribution >= 4 is 18.1 Å². The Morgan fingerprint density at radius 3 is 2.60 bits per heavy atom. The van der Waals surface area contributed by atoms with E-state index in [9.17, 15) is 18.0 Å². The molecule has 6 nitrogen and oxygen atoms in total. The number of benzene rings is 2. The predicted molar refractivity (Wildman–Crippen MR) is 105 cm³/mol. The number of rotatable bonds is 6. The highest BCUT2D eigenvalue weighted by Gasteiger charge is 2.30. The number of halogens is 3. The Labute approximate surface area is 174 Å². The van der Waals surface area contributed by atoms with E-state index in [2.05, 4.69) is 15.5 Å². The molecule has 0 aliphatic heterocycles. The van der Waals surface area contributed by atoms with Crippen molar-refractivity contribution in [2.24, 2.45) is 0 Å². The highest BCUT2D eigenvalue weighted by atomic mass is 32.1. The monoisotopic (exact) mass is 434 g/mol. The third-order valence-corrected chi connectivity index (χ3v) is 4.88. The number of nitrogens with zero attached hydrogens (tertiary/aromatic N) is 2. The third kappa shape index (κ3) is 4.54. The van der Waals surface area contributed by atoms with Crippen molar-refractivity contribution < 1.29 is 22.7 Å². The van der Waals surface area contributed by atoms with Crippen LogP contribution in [0.15, 0.2) is 48.5 Å². The quantitative estimate of drug-likeness (QED) is 0.535. The van der Waals surface area contributed by atoms with Gasteiger partial charge in [0, 0.05) is 11.6 Å². The van der Waals surface area contributed by atoms with Crippen LogP contribution in [-0.2, 0) is 12.7 Å². The molecule has 0 radical (unpaired) electrons. The van der Waals surface area contributed by atoms with Gasteiger partial charge in [-0.25, -0.2) is 0 Å². The zero-order valence-electron chi connectivity index (χ0n) is 15.6. The lowest BCUT2D eigenvalue weighted by Gasteiger charge is -2.11. The van der Waals surface area contributed by atoms with Crippen LogP contribution in [0.2, 0.25) is 0 Å². The molecule has 0 bridgehead atoms. The number of aromatic amines is 1. The molecule has 1 amide bonds. The molecule has 1 fully saturated rings. The summed E-state index contributed by atoms with van der Waals surface area (Å²) >= 11 is 5.22. The highest BCUT2D eigenvalue weighted by Crippen LogP contribution is 2.36. The van der Waals surface area contributed by atoms with Crippen LogP contribution in [0.4, 0.5) is 13.2 Å². The summed E-state index contributed by atoms with van der Waals surface area (Å²) in [7, 11) is 0. The Morgan fingerprint density at radius 1 is 1.20 bits per heavy atom. The highest BCUT2D eigenvalue weighted by molar-refractivity contribution is 7.71. The SMILES string of the molecule is O=C(NCc1n[nH]c(=S)n1C1CC1)c1cccc(Oc2cccc(C(F)(F)F)c2)c1. The van der Waals surface area contributed by atoms with Gasteiger partial charge in [-0.2, -0.15) is 18.3 Å². The molecule has 0 saturated heterocycles. The van der Waals surface area contributed by atoms with Gasteiger partial charge in [-0.15, -0.1) is 0 Å². The van der Waals surface area contributed by atoms with Crippen LogP contribution in [0, 0.1) is 4.77 Å². The fourth-order valence-corrected chi connectivity index (χ4v) is 3.31. The van der Waals surface area contributed by atoms with E-state index in [1.807, 2.05) is 4.57 Å². The Balaban J connectivity index is 1.44. The van der Waals surface area contributed by atoms with Crippen LogP contribution in [0.5, 0.6) is 11.5 Å². The molecule has 0 spiro atoms. The summed E-state index contributed by atoms with van der Waals surface area (Å²) in [5, 5.41) is 9.68. The lowest BCUT2D eigenvalue weighted by molar-refractivity contribution is -0.137. The molecule has 30 heavy (non-hydrogen) atoms. The molecule has 3 aromatic rings. The minimum Gasteiger partial charge on any atom is -0.457 e. The Kier molecular flexibility index (Phi) is 5.33. The number of carbonyl (C=O) groups is 1. The van der Waals surface area contributed by atoms with E-state index in [0.29, 0.717) is 22.2 Å². The van der Waals surface area contributed by atoms with Crippen molar-refractivity contribution in [1.82, 2.24) is 20.1 Å². The maximum absolute atomic E-state index is 12.9. The maximum atomic E-state index is 12.9. The second-order valence-electron chi connectivity index (χ2n) is 6.88. The van der Waals surface area contributed by atoms with E-state index in [4.69, 9.17) is 17.0 Å². The smallest absolute Gasteiger partial charge is 0.416 e. The molecule has 1 saturated carbocycles. The summed E-state index contributed by atoms with van der Waals surface area (Å²) < 4.78 is 46.5. The lowest BCUT2D eigenvalue weighted by Crippen LogP contribution is -2.24. The fraction of sp³-hybridized carbons (Fsp3) is 0.250.